The van der Waals surface area contributed by atoms with E-state index in [1.807, 2.05) is 35.7 Å². The summed E-state index contributed by atoms with van der Waals surface area (Å²) < 4.78 is 0. The number of carbonyl (C=O) groups is 1. The molecule has 0 aliphatic heterocycles. The summed E-state index contributed by atoms with van der Waals surface area (Å²) in [6, 6.07) is 15.6. The molecular formula is C22H16N4O3S. The fourth-order valence-corrected chi connectivity index (χ4v) is 3.87. The molecule has 0 aliphatic rings. The number of aromatic nitrogens is 2. The van der Waals surface area contributed by atoms with E-state index in [1.54, 1.807) is 31.5 Å². The van der Waals surface area contributed by atoms with Crippen molar-refractivity contribution in [1.29, 1.82) is 0 Å². The second-order valence-corrected chi connectivity index (χ2v) is 7.38. The van der Waals surface area contributed by atoms with Gasteiger partial charge in [-0.3, -0.25) is 19.9 Å². The molecule has 0 atom stereocenters. The molecule has 4 rings (SSSR count). The van der Waals surface area contributed by atoms with Crippen molar-refractivity contribution in [2.24, 2.45) is 0 Å². The van der Waals surface area contributed by atoms with Crippen molar-refractivity contribution in [3.63, 3.8) is 0 Å². The fraction of sp³-hybridized carbons (Fsp3) is 0.0455. The number of thiazole rings is 1. The SMILES string of the molecule is Cc1c(C(=O)Nc2cccc(-c3csc(-c4cccnc4)n3)c2)cccc1[N+](=O)[O-]. The van der Waals surface area contributed by atoms with Gasteiger partial charge in [0.1, 0.15) is 5.01 Å². The van der Waals surface area contributed by atoms with E-state index in [4.69, 9.17) is 0 Å². The third kappa shape index (κ3) is 3.94. The number of anilines is 1. The van der Waals surface area contributed by atoms with Gasteiger partial charge in [-0.15, -0.1) is 11.3 Å². The van der Waals surface area contributed by atoms with Crippen molar-refractivity contribution in [2.45, 2.75) is 6.92 Å². The Hall–Kier alpha value is -3.91. The van der Waals surface area contributed by atoms with Crippen molar-refractivity contribution in [3.8, 4) is 21.8 Å². The molecule has 7 nitrogen and oxygen atoms in total. The van der Waals surface area contributed by atoms with Gasteiger partial charge >= 0.3 is 0 Å². The van der Waals surface area contributed by atoms with Crippen LogP contribution in [0.15, 0.2) is 72.4 Å². The largest absolute Gasteiger partial charge is 0.322 e. The summed E-state index contributed by atoms with van der Waals surface area (Å²) in [6.45, 7) is 1.57. The highest BCUT2D eigenvalue weighted by molar-refractivity contribution is 7.13. The van der Waals surface area contributed by atoms with Crippen LogP contribution < -0.4 is 5.32 Å². The molecule has 2 aromatic heterocycles. The first-order valence-corrected chi connectivity index (χ1v) is 9.92. The molecule has 0 bridgehead atoms. The summed E-state index contributed by atoms with van der Waals surface area (Å²) in [5.74, 6) is -0.400. The van der Waals surface area contributed by atoms with Crippen molar-refractivity contribution < 1.29 is 9.72 Å². The van der Waals surface area contributed by atoms with Gasteiger partial charge < -0.3 is 5.32 Å². The lowest BCUT2D eigenvalue weighted by atomic mass is 10.1. The Labute approximate surface area is 176 Å². The summed E-state index contributed by atoms with van der Waals surface area (Å²) >= 11 is 1.52. The molecule has 1 amide bonds. The monoisotopic (exact) mass is 416 g/mol. The summed E-state index contributed by atoms with van der Waals surface area (Å²) in [6.07, 6.45) is 3.48. The van der Waals surface area contributed by atoms with Gasteiger partial charge in [0.05, 0.1) is 10.6 Å². The zero-order chi connectivity index (χ0) is 21.1. The second kappa shape index (κ2) is 8.22. The Morgan fingerprint density at radius 2 is 1.90 bits per heavy atom. The van der Waals surface area contributed by atoms with Crippen LogP contribution in [0, 0.1) is 17.0 Å². The first-order valence-electron chi connectivity index (χ1n) is 9.04. The molecule has 0 radical (unpaired) electrons. The van der Waals surface area contributed by atoms with Crippen LogP contribution in [-0.4, -0.2) is 20.8 Å². The molecule has 0 fully saturated rings. The molecule has 2 heterocycles. The number of amides is 1. The minimum atomic E-state index is -0.491. The van der Waals surface area contributed by atoms with Crippen LogP contribution in [0.4, 0.5) is 11.4 Å². The predicted octanol–water partition coefficient (Wildman–Crippen LogP) is 5.34. The van der Waals surface area contributed by atoms with Crippen LogP contribution in [-0.2, 0) is 0 Å². The predicted molar refractivity (Wildman–Crippen MR) is 117 cm³/mol. The summed E-state index contributed by atoms with van der Waals surface area (Å²) in [4.78, 5) is 32.1. The zero-order valence-corrected chi connectivity index (χ0v) is 16.7. The minimum absolute atomic E-state index is 0.0817. The third-order valence-electron chi connectivity index (χ3n) is 4.58. The highest BCUT2D eigenvalue weighted by Gasteiger charge is 2.18. The van der Waals surface area contributed by atoms with Crippen LogP contribution in [0.5, 0.6) is 0 Å². The normalized spacial score (nSPS) is 10.6. The molecule has 0 aliphatic carbocycles. The van der Waals surface area contributed by atoms with E-state index < -0.39 is 10.8 Å². The molecule has 30 heavy (non-hydrogen) atoms. The molecule has 0 saturated heterocycles. The van der Waals surface area contributed by atoms with Crippen LogP contribution in [0.1, 0.15) is 15.9 Å². The van der Waals surface area contributed by atoms with Gasteiger partial charge in [0.15, 0.2) is 0 Å². The number of nitrogens with zero attached hydrogens (tertiary/aromatic N) is 3. The Bertz CT molecular complexity index is 1240. The molecular weight excluding hydrogens is 400 g/mol. The lowest BCUT2D eigenvalue weighted by Gasteiger charge is -2.09. The number of benzene rings is 2. The molecule has 2 aromatic carbocycles. The average molecular weight is 416 g/mol. The van der Waals surface area contributed by atoms with Gasteiger partial charge in [-0.1, -0.05) is 18.2 Å². The smallest absolute Gasteiger partial charge is 0.273 e. The Kier molecular flexibility index (Phi) is 5.32. The van der Waals surface area contributed by atoms with Gasteiger partial charge in [-0.2, -0.15) is 0 Å². The van der Waals surface area contributed by atoms with Gasteiger partial charge in [-0.25, -0.2) is 4.98 Å². The standard InChI is InChI=1S/C22H16N4O3S/c1-14-18(8-3-9-20(14)26(28)29)21(27)24-17-7-2-5-15(11-17)19-13-30-22(25-19)16-6-4-10-23-12-16/h2-13H,1H3,(H,24,27). The highest BCUT2D eigenvalue weighted by atomic mass is 32.1. The van der Waals surface area contributed by atoms with Crippen molar-refractivity contribution in [3.05, 3.63) is 93.6 Å². The summed E-state index contributed by atoms with van der Waals surface area (Å²) in [5, 5.41) is 16.8. The molecule has 0 saturated carbocycles. The van der Waals surface area contributed by atoms with Crippen molar-refractivity contribution in [2.75, 3.05) is 5.32 Å². The van der Waals surface area contributed by atoms with Crippen LogP contribution in [0.2, 0.25) is 0 Å². The minimum Gasteiger partial charge on any atom is -0.322 e. The summed E-state index contributed by atoms with van der Waals surface area (Å²) in [5.41, 5.74) is 3.69. The number of hydrogen-bond acceptors (Lipinski definition) is 6. The van der Waals surface area contributed by atoms with E-state index in [0.717, 1.165) is 21.8 Å². The topological polar surface area (TPSA) is 98.0 Å². The van der Waals surface area contributed by atoms with E-state index in [1.165, 1.54) is 23.5 Å². The third-order valence-corrected chi connectivity index (χ3v) is 5.47. The molecule has 0 unspecified atom stereocenters. The average Bonchev–Trinajstić information content (AvgIpc) is 3.25. The van der Waals surface area contributed by atoms with E-state index in [0.29, 0.717) is 11.3 Å². The molecule has 4 aromatic rings. The number of pyridine rings is 1. The van der Waals surface area contributed by atoms with Gasteiger partial charge in [0.2, 0.25) is 0 Å². The van der Waals surface area contributed by atoms with Crippen LogP contribution >= 0.6 is 11.3 Å². The van der Waals surface area contributed by atoms with E-state index in [-0.39, 0.29) is 11.3 Å². The summed E-state index contributed by atoms with van der Waals surface area (Å²) in [7, 11) is 0. The Morgan fingerprint density at radius 1 is 1.10 bits per heavy atom. The number of carbonyl (C=O) groups excluding carboxylic acids is 1. The number of nitro groups is 1. The molecule has 8 heteroatoms. The number of nitrogens with one attached hydrogen (secondary N) is 1. The first-order chi connectivity index (χ1) is 14.5. The number of hydrogen-bond donors (Lipinski definition) is 1. The first kappa shape index (κ1) is 19.4. The van der Waals surface area contributed by atoms with E-state index in [2.05, 4.69) is 15.3 Å². The van der Waals surface area contributed by atoms with Crippen LogP contribution in [0.3, 0.4) is 0 Å². The maximum Gasteiger partial charge on any atom is 0.273 e. The van der Waals surface area contributed by atoms with E-state index >= 15 is 0 Å². The van der Waals surface area contributed by atoms with Gasteiger partial charge in [0.25, 0.3) is 11.6 Å². The lowest BCUT2D eigenvalue weighted by Crippen LogP contribution is -2.14. The van der Waals surface area contributed by atoms with Crippen molar-refractivity contribution in [1.82, 2.24) is 9.97 Å². The Balaban J connectivity index is 1.58. The zero-order valence-electron chi connectivity index (χ0n) is 15.9. The number of rotatable bonds is 5. The lowest BCUT2D eigenvalue weighted by molar-refractivity contribution is -0.385. The maximum atomic E-state index is 12.7. The Morgan fingerprint density at radius 3 is 2.67 bits per heavy atom. The second-order valence-electron chi connectivity index (χ2n) is 6.52. The van der Waals surface area contributed by atoms with E-state index in [9.17, 15) is 14.9 Å². The van der Waals surface area contributed by atoms with Crippen LogP contribution in [0.25, 0.3) is 21.8 Å². The number of nitro benzene ring substituents is 1. The van der Waals surface area contributed by atoms with Crippen molar-refractivity contribution >= 4 is 28.6 Å². The fourth-order valence-electron chi connectivity index (χ4n) is 3.05. The van der Waals surface area contributed by atoms with Gasteiger partial charge in [-0.05, 0) is 37.3 Å². The molecule has 0 spiro atoms. The maximum absolute atomic E-state index is 12.7. The van der Waals surface area contributed by atoms with Gasteiger partial charge in [0, 0.05) is 51.8 Å². The highest BCUT2D eigenvalue weighted by Crippen LogP contribution is 2.30. The quantitative estimate of drug-likeness (QED) is 0.350. The molecule has 1 N–H and O–H groups in total. The molecule has 148 valence electrons.